The van der Waals surface area contributed by atoms with Crippen LogP contribution in [0.15, 0.2) is 0 Å². The van der Waals surface area contributed by atoms with Gasteiger partial charge in [0.1, 0.15) is 79.4 Å². The van der Waals surface area contributed by atoms with Crippen LogP contribution in [0.25, 0.3) is 0 Å². The van der Waals surface area contributed by atoms with E-state index in [-0.39, 0.29) is 0 Å². The first kappa shape index (κ1) is 32.8. The van der Waals surface area contributed by atoms with Gasteiger partial charge in [-0.25, -0.2) is 0 Å². The summed E-state index contributed by atoms with van der Waals surface area (Å²) in [5.74, 6) is 0. The fraction of sp³-hybridized carbons (Fsp3) is 1.00. The zero-order chi connectivity index (χ0) is 29.0. The Morgan fingerprint density at radius 3 is 1.41 bits per heavy atom. The third kappa shape index (κ3) is 7.20. The van der Waals surface area contributed by atoms with Crippen molar-refractivity contribution in [2.75, 3.05) is 33.0 Å². The second-order valence-corrected chi connectivity index (χ2v) is 9.48. The second-order valence-electron chi connectivity index (χ2n) is 9.48. The maximum absolute atomic E-state index is 10.8. The van der Waals surface area contributed by atoms with Gasteiger partial charge in [-0.05, 0) is 0 Å². The van der Waals surface area contributed by atoms with Crippen molar-refractivity contribution in [1.29, 1.82) is 0 Å². The molecule has 3 heterocycles. The number of aliphatic hydroxyl groups is 12. The SMILES string of the molecule is OCC(O)CO[C@H]1O[C@H](CO)[C@@H](O)[C@H](O)[C@H]1O[C@H]1O[C@H](CO)[C@@H](O)[C@H](O)[C@H]1O[C@H]1O[C@H](CO)[C@@H](O)[C@H](O)[C@H]1O. The van der Waals surface area contributed by atoms with E-state index in [0.717, 1.165) is 0 Å². The van der Waals surface area contributed by atoms with Gasteiger partial charge in [0.2, 0.25) is 0 Å². The highest BCUT2D eigenvalue weighted by Gasteiger charge is 2.54. The highest BCUT2D eigenvalue weighted by atomic mass is 16.8. The minimum atomic E-state index is -1.92. The topological polar surface area (TPSA) is 298 Å². The van der Waals surface area contributed by atoms with Gasteiger partial charge in [0.05, 0.1) is 33.0 Å². The molecule has 0 aromatic heterocycles. The molecule has 39 heavy (non-hydrogen) atoms. The van der Waals surface area contributed by atoms with Crippen molar-refractivity contribution >= 4 is 0 Å². The van der Waals surface area contributed by atoms with E-state index < -0.39 is 131 Å². The molecule has 18 heteroatoms. The fourth-order valence-electron chi connectivity index (χ4n) is 4.39. The normalized spacial score (nSPS) is 48.2. The van der Waals surface area contributed by atoms with Gasteiger partial charge >= 0.3 is 0 Å². The summed E-state index contributed by atoms with van der Waals surface area (Å²) in [4.78, 5) is 0. The molecule has 0 aliphatic carbocycles. The lowest BCUT2D eigenvalue weighted by Gasteiger charge is -2.48. The molecule has 12 N–H and O–H groups in total. The molecular weight excluding hydrogens is 540 g/mol. The summed E-state index contributed by atoms with van der Waals surface area (Å²) < 4.78 is 32.8. The molecule has 3 aliphatic rings. The van der Waals surface area contributed by atoms with Crippen molar-refractivity contribution in [1.82, 2.24) is 0 Å². The molecule has 3 aliphatic heterocycles. The van der Waals surface area contributed by atoms with Crippen molar-refractivity contribution in [3.8, 4) is 0 Å². The van der Waals surface area contributed by atoms with E-state index in [2.05, 4.69) is 0 Å². The lowest BCUT2D eigenvalue weighted by molar-refractivity contribution is -0.394. The standard InChI is InChI=1S/C21H38O18/c22-1-6(26)5-34-20-17(14(31)11(28)8(3-24)36-20)39-21-18(15(32)12(29)9(4-25)37-21)38-19-16(33)13(30)10(27)7(2-23)35-19/h6-33H,1-5H2/t6?,7-,8-,9-,10-,11-,12-,13+,14+,15+,16-,17-,18-,19-,20+,21-/m1/s1. The number of hydrogen-bond acceptors (Lipinski definition) is 18. The Morgan fingerprint density at radius 2 is 0.923 bits per heavy atom. The van der Waals surface area contributed by atoms with E-state index in [0.29, 0.717) is 0 Å². The quantitative estimate of drug-likeness (QED) is 0.108. The predicted molar refractivity (Wildman–Crippen MR) is 118 cm³/mol. The molecule has 0 amide bonds. The van der Waals surface area contributed by atoms with Gasteiger partial charge in [-0.2, -0.15) is 0 Å². The number of hydrogen-bond donors (Lipinski definition) is 12. The first-order valence-electron chi connectivity index (χ1n) is 12.3. The summed E-state index contributed by atoms with van der Waals surface area (Å²) in [6.45, 7) is -3.62. The summed E-state index contributed by atoms with van der Waals surface area (Å²) in [7, 11) is 0. The van der Waals surface area contributed by atoms with Gasteiger partial charge in [-0.3, -0.25) is 0 Å². The third-order valence-corrected chi connectivity index (χ3v) is 6.74. The van der Waals surface area contributed by atoms with Crippen molar-refractivity contribution in [2.45, 2.75) is 98.2 Å². The summed E-state index contributed by atoms with van der Waals surface area (Å²) in [5, 5.41) is 120. The molecule has 0 spiro atoms. The first-order valence-corrected chi connectivity index (χ1v) is 12.3. The Kier molecular flexibility index (Phi) is 12.1. The molecular formula is C21H38O18. The molecule has 0 bridgehead atoms. The van der Waals surface area contributed by atoms with E-state index in [4.69, 9.17) is 33.5 Å². The average Bonchev–Trinajstić information content (AvgIpc) is 2.93. The predicted octanol–water partition coefficient (Wildman–Crippen LogP) is -8.20. The van der Waals surface area contributed by atoms with Gasteiger partial charge in [0.25, 0.3) is 0 Å². The van der Waals surface area contributed by atoms with Crippen molar-refractivity contribution in [2.24, 2.45) is 0 Å². The van der Waals surface area contributed by atoms with Gasteiger partial charge in [0, 0.05) is 0 Å². The Bertz CT molecular complexity index is 731. The zero-order valence-corrected chi connectivity index (χ0v) is 20.6. The van der Waals surface area contributed by atoms with Gasteiger partial charge < -0.3 is 89.7 Å². The van der Waals surface area contributed by atoms with Gasteiger partial charge in [-0.1, -0.05) is 0 Å². The Hall–Kier alpha value is -0.720. The Morgan fingerprint density at radius 1 is 0.513 bits per heavy atom. The van der Waals surface area contributed by atoms with Crippen LogP contribution in [-0.2, 0) is 28.4 Å². The maximum Gasteiger partial charge on any atom is 0.187 e. The van der Waals surface area contributed by atoms with Crippen LogP contribution < -0.4 is 0 Å². The van der Waals surface area contributed by atoms with Crippen LogP contribution in [0.3, 0.4) is 0 Å². The highest BCUT2D eigenvalue weighted by molar-refractivity contribution is 4.96. The van der Waals surface area contributed by atoms with E-state index in [1.807, 2.05) is 0 Å². The van der Waals surface area contributed by atoms with Crippen LogP contribution in [0.5, 0.6) is 0 Å². The summed E-state index contributed by atoms with van der Waals surface area (Å²) in [5.41, 5.74) is 0. The summed E-state index contributed by atoms with van der Waals surface area (Å²) in [6, 6.07) is 0. The van der Waals surface area contributed by atoms with Crippen molar-refractivity contribution in [3.05, 3.63) is 0 Å². The van der Waals surface area contributed by atoms with Crippen LogP contribution in [0.4, 0.5) is 0 Å². The monoisotopic (exact) mass is 578 g/mol. The largest absolute Gasteiger partial charge is 0.394 e. The van der Waals surface area contributed by atoms with Crippen LogP contribution in [0, 0.1) is 0 Å². The summed E-state index contributed by atoms with van der Waals surface area (Å²) >= 11 is 0. The van der Waals surface area contributed by atoms with E-state index >= 15 is 0 Å². The molecule has 3 fully saturated rings. The molecule has 18 nitrogen and oxygen atoms in total. The molecule has 0 radical (unpaired) electrons. The van der Waals surface area contributed by atoms with Gasteiger partial charge in [-0.15, -0.1) is 0 Å². The molecule has 3 rings (SSSR count). The van der Waals surface area contributed by atoms with Crippen molar-refractivity contribution in [3.63, 3.8) is 0 Å². The third-order valence-electron chi connectivity index (χ3n) is 6.74. The highest BCUT2D eigenvalue weighted by Crippen LogP contribution is 2.33. The molecule has 16 atom stereocenters. The number of aliphatic hydroxyl groups excluding tert-OH is 12. The van der Waals surface area contributed by atoms with E-state index in [1.54, 1.807) is 0 Å². The second kappa shape index (κ2) is 14.4. The molecule has 0 aromatic carbocycles. The minimum absolute atomic E-state index is 0.543. The van der Waals surface area contributed by atoms with E-state index in [1.165, 1.54) is 0 Å². The van der Waals surface area contributed by atoms with Crippen LogP contribution >= 0.6 is 0 Å². The van der Waals surface area contributed by atoms with Gasteiger partial charge in [0.15, 0.2) is 18.9 Å². The summed E-state index contributed by atoms with van der Waals surface area (Å²) in [6.07, 6.45) is -27.1. The lowest BCUT2D eigenvalue weighted by atomic mass is 9.96. The first-order chi connectivity index (χ1) is 18.5. The van der Waals surface area contributed by atoms with Crippen LogP contribution in [0.2, 0.25) is 0 Å². The maximum atomic E-state index is 10.8. The molecule has 0 aromatic rings. The van der Waals surface area contributed by atoms with Crippen LogP contribution in [-0.4, -0.2) is 193 Å². The lowest BCUT2D eigenvalue weighted by Crippen LogP contribution is -2.67. The Labute approximate surface area is 221 Å². The smallest absolute Gasteiger partial charge is 0.187 e. The van der Waals surface area contributed by atoms with Crippen molar-refractivity contribution < 1.29 is 89.7 Å². The minimum Gasteiger partial charge on any atom is -0.394 e. The molecule has 3 saturated heterocycles. The number of rotatable bonds is 11. The molecule has 1 unspecified atom stereocenters. The molecule has 0 saturated carbocycles. The fourth-order valence-corrected chi connectivity index (χ4v) is 4.39. The zero-order valence-electron chi connectivity index (χ0n) is 20.6. The number of ether oxygens (including phenoxy) is 6. The van der Waals surface area contributed by atoms with Crippen LogP contribution in [0.1, 0.15) is 0 Å². The van der Waals surface area contributed by atoms with E-state index in [9.17, 15) is 56.2 Å². The average molecular weight is 579 g/mol. The molecule has 230 valence electrons. The Balaban J connectivity index is 1.86.